The minimum absolute atomic E-state index is 0.0373. The van der Waals surface area contributed by atoms with Gasteiger partial charge in [-0.1, -0.05) is 30.1 Å². The molecule has 1 amide bonds. The normalized spacial score (nSPS) is 14.5. The van der Waals surface area contributed by atoms with Crippen LogP contribution in [0.4, 0.5) is 5.69 Å². The number of amides is 1. The summed E-state index contributed by atoms with van der Waals surface area (Å²) < 4.78 is 5.26. The van der Waals surface area contributed by atoms with Crippen LogP contribution in [-0.2, 0) is 11.2 Å². The van der Waals surface area contributed by atoms with E-state index in [9.17, 15) is 4.79 Å². The van der Waals surface area contributed by atoms with Gasteiger partial charge in [0.1, 0.15) is 0 Å². The molecule has 140 valence electrons. The van der Waals surface area contributed by atoms with Crippen molar-refractivity contribution in [2.24, 2.45) is 0 Å². The van der Waals surface area contributed by atoms with Crippen molar-refractivity contribution in [1.82, 2.24) is 10.1 Å². The van der Waals surface area contributed by atoms with E-state index in [1.54, 1.807) is 11.3 Å². The summed E-state index contributed by atoms with van der Waals surface area (Å²) in [6, 6.07) is 9.99. The summed E-state index contributed by atoms with van der Waals surface area (Å²) in [5, 5.41) is 11.6. The predicted molar refractivity (Wildman–Crippen MR) is 109 cm³/mol. The summed E-state index contributed by atoms with van der Waals surface area (Å²) in [4.78, 5) is 17.9. The van der Waals surface area contributed by atoms with Crippen molar-refractivity contribution in [3.05, 3.63) is 47.0 Å². The van der Waals surface area contributed by atoms with E-state index >= 15 is 0 Å². The van der Waals surface area contributed by atoms with Gasteiger partial charge in [-0.3, -0.25) is 4.79 Å². The number of carbonyl (C=O) groups excluding carboxylic acids is 1. The van der Waals surface area contributed by atoms with Gasteiger partial charge in [0, 0.05) is 33.9 Å². The second-order valence-electron chi connectivity index (χ2n) is 6.59. The van der Waals surface area contributed by atoms with E-state index < -0.39 is 0 Å². The highest BCUT2D eigenvalue weighted by molar-refractivity contribution is 8.00. The molecule has 0 unspecified atom stereocenters. The van der Waals surface area contributed by atoms with Gasteiger partial charge in [0.05, 0.1) is 5.69 Å². The Bertz CT molecular complexity index is 886. The van der Waals surface area contributed by atoms with Gasteiger partial charge in [-0.15, -0.1) is 11.8 Å². The molecule has 7 heteroatoms. The third kappa shape index (κ3) is 4.78. The van der Waals surface area contributed by atoms with Crippen LogP contribution in [0.15, 0.2) is 50.5 Å². The number of thiophene rings is 1. The molecule has 3 aromatic rings. The van der Waals surface area contributed by atoms with Gasteiger partial charge in [-0.05, 0) is 36.4 Å². The zero-order chi connectivity index (χ0) is 18.5. The second-order valence-corrected chi connectivity index (χ2v) is 8.71. The molecular weight excluding hydrogens is 378 g/mol. The fourth-order valence-corrected chi connectivity index (χ4v) is 5.12. The molecular formula is C20H21N3O2S2. The third-order valence-corrected chi connectivity index (χ3v) is 6.67. The highest BCUT2D eigenvalue weighted by Gasteiger charge is 2.18. The summed E-state index contributed by atoms with van der Waals surface area (Å²) in [7, 11) is 0. The molecule has 0 aliphatic heterocycles. The molecule has 0 saturated heterocycles. The Morgan fingerprint density at radius 1 is 1.26 bits per heavy atom. The number of carbonyl (C=O) groups is 1. The molecule has 1 fully saturated rings. The highest BCUT2D eigenvalue weighted by atomic mass is 32.2. The zero-order valence-corrected chi connectivity index (χ0v) is 16.5. The summed E-state index contributed by atoms with van der Waals surface area (Å²) in [5.74, 6) is 1.02. The lowest BCUT2D eigenvalue weighted by Gasteiger charge is -2.13. The molecule has 1 aliphatic carbocycles. The molecule has 0 radical (unpaired) electrons. The molecule has 0 spiro atoms. The molecule has 0 bridgehead atoms. The number of nitrogens with one attached hydrogen (secondary N) is 1. The van der Waals surface area contributed by atoms with E-state index in [0.717, 1.165) is 16.1 Å². The quantitative estimate of drug-likeness (QED) is 0.576. The van der Waals surface area contributed by atoms with Crippen molar-refractivity contribution < 1.29 is 9.32 Å². The van der Waals surface area contributed by atoms with Crippen molar-refractivity contribution in [1.29, 1.82) is 0 Å². The molecule has 2 aromatic heterocycles. The number of rotatable bonds is 7. The maximum Gasteiger partial charge on any atom is 0.227 e. The molecule has 27 heavy (non-hydrogen) atoms. The topological polar surface area (TPSA) is 68.0 Å². The second kappa shape index (κ2) is 8.71. The number of benzene rings is 1. The van der Waals surface area contributed by atoms with Gasteiger partial charge in [-0.25, -0.2) is 0 Å². The average molecular weight is 400 g/mol. The Balaban J connectivity index is 1.33. The molecule has 1 N–H and O–H groups in total. The van der Waals surface area contributed by atoms with E-state index in [4.69, 9.17) is 4.52 Å². The number of hydrogen-bond acceptors (Lipinski definition) is 6. The van der Waals surface area contributed by atoms with Crippen LogP contribution in [0.1, 0.15) is 38.0 Å². The van der Waals surface area contributed by atoms with Gasteiger partial charge in [-0.2, -0.15) is 16.3 Å². The van der Waals surface area contributed by atoms with Crippen molar-refractivity contribution >= 4 is 34.7 Å². The number of para-hydroxylation sites is 1. The first-order valence-corrected chi connectivity index (χ1v) is 11.0. The van der Waals surface area contributed by atoms with E-state index in [1.165, 1.54) is 25.7 Å². The Morgan fingerprint density at radius 2 is 2.11 bits per heavy atom. The Labute approximate surface area is 166 Å². The van der Waals surface area contributed by atoms with Crippen LogP contribution in [0.2, 0.25) is 0 Å². The Kier molecular flexibility index (Phi) is 5.89. The van der Waals surface area contributed by atoms with Gasteiger partial charge < -0.3 is 9.84 Å². The van der Waals surface area contributed by atoms with E-state index in [0.29, 0.717) is 29.8 Å². The van der Waals surface area contributed by atoms with Crippen molar-refractivity contribution in [2.45, 2.75) is 48.7 Å². The van der Waals surface area contributed by atoms with Crippen LogP contribution < -0.4 is 5.32 Å². The highest BCUT2D eigenvalue weighted by Crippen LogP contribution is 2.38. The van der Waals surface area contributed by atoms with E-state index in [-0.39, 0.29) is 5.91 Å². The lowest BCUT2D eigenvalue weighted by Crippen LogP contribution is -2.13. The minimum atomic E-state index is -0.0373. The largest absolute Gasteiger partial charge is 0.339 e. The van der Waals surface area contributed by atoms with Gasteiger partial charge in [0.15, 0.2) is 0 Å². The number of aromatic nitrogens is 2. The maximum absolute atomic E-state index is 12.4. The lowest BCUT2D eigenvalue weighted by atomic mass is 10.2. The van der Waals surface area contributed by atoms with Crippen molar-refractivity contribution in [3.63, 3.8) is 0 Å². The van der Waals surface area contributed by atoms with Crippen LogP contribution >= 0.6 is 23.1 Å². The molecule has 1 aliphatic rings. The number of aryl methyl sites for hydroxylation is 1. The first-order chi connectivity index (χ1) is 13.3. The minimum Gasteiger partial charge on any atom is -0.339 e. The van der Waals surface area contributed by atoms with Gasteiger partial charge in [0.2, 0.25) is 17.6 Å². The van der Waals surface area contributed by atoms with Gasteiger partial charge >= 0.3 is 0 Å². The molecule has 0 atom stereocenters. The van der Waals surface area contributed by atoms with Crippen LogP contribution in [0, 0.1) is 0 Å². The molecule has 1 aromatic carbocycles. The smallest absolute Gasteiger partial charge is 0.227 e. The molecule has 4 rings (SSSR count). The Hall–Kier alpha value is -2.12. The SMILES string of the molecule is O=C(CCc1nc(-c2ccsc2)no1)Nc1ccccc1SC1CCCC1. The summed E-state index contributed by atoms with van der Waals surface area (Å²) in [5.41, 5.74) is 1.83. The molecule has 5 nitrogen and oxygen atoms in total. The fraction of sp³-hybridized carbons (Fsp3) is 0.350. The van der Waals surface area contributed by atoms with E-state index in [2.05, 4.69) is 21.5 Å². The molecule has 1 saturated carbocycles. The number of hydrogen-bond donors (Lipinski definition) is 1. The van der Waals surface area contributed by atoms with Crippen LogP contribution in [-0.4, -0.2) is 21.3 Å². The fourth-order valence-electron chi connectivity index (χ4n) is 3.16. The monoisotopic (exact) mass is 399 g/mol. The third-order valence-electron chi connectivity index (χ3n) is 4.57. The number of thioether (sulfide) groups is 1. The van der Waals surface area contributed by atoms with Gasteiger partial charge in [0.25, 0.3) is 0 Å². The first kappa shape index (κ1) is 18.3. The van der Waals surface area contributed by atoms with E-state index in [1.807, 2.05) is 46.8 Å². The number of nitrogens with zero attached hydrogens (tertiary/aromatic N) is 2. The standard InChI is InChI=1S/C20H21N3O2S2/c24-18(9-10-19-22-20(23-25-19)14-11-12-26-13-14)21-16-7-3-4-8-17(16)27-15-5-1-2-6-15/h3-4,7-8,11-13,15H,1-2,5-6,9-10H2,(H,21,24). The van der Waals surface area contributed by atoms with Crippen molar-refractivity contribution in [3.8, 4) is 11.4 Å². The maximum atomic E-state index is 12.4. The zero-order valence-electron chi connectivity index (χ0n) is 14.9. The lowest BCUT2D eigenvalue weighted by molar-refractivity contribution is -0.116. The first-order valence-electron chi connectivity index (χ1n) is 9.18. The number of anilines is 1. The van der Waals surface area contributed by atoms with Crippen LogP contribution in [0.25, 0.3) is 11.4 Å². The van der Waals surface area contributed by atoms with Crippen LogP contribution in [0.3, 0.4) is 0 Å². The molecule has 2 heterocycles. The van der Waals surface area contributed by atoms with Crippen LogP contribution in [0.5, 0.6) is 0 Å². The predicted octanol–water partition coefficient (Wildman–Crippen LogP) is 5.40. The summed E-state index contributed by atoms with van der Waals surface area (Å²) >= 11 is 3.47. The Morgan fingerprint density at radius 3 is 2.93 bits per heavy atom. The summed E-state index contributed by atoms with van der Waals surface area (Å²) in [6.45, 7) is 0. The summed E-state index contributed by atoms with van der Waals surface area (Å²) in [6.07, 6.45) is 5.88. The van der Waals surface area contributed by atoms with Crippen molar-refractivity contribution in [2.75, 3.05) is 5.32 Å². The average Bonchev–Trinajstić information content (AvgIpc) is 3.43.